The van der Waals surface area contributed by atoms with Crippen LogP contribution >= 0.6 is 0 Å². The van der Waals surface area contributed by atoms with Crippen LogP contribution in [0.3, 0.4) is 0 Å². The van der Waals surface area contributed by atoms with Crippen molar-refractivity contribution in [2.24, 2.45) is 0 Å². The quantitative estimate of drug-likeness (QED) is 0.174. The summed E-state index contributed by atoms with van der Waals surface area (Å²) >= 11 is 0. The molecule has 9 nitrogen and oxygen atoms in total. The minimum Gasteiger partial charge on any atom is -0.422 e. The zero-order chi connectivity index (χ0) is 26.2. The Kier molecular flexibility index (Phi) is 6.20. The van der Waals surface area contributed by atoms with Gasteiger partial charge in [0, 0.05) is 40.5 Å². The topological polar surface area (TPSA) is 135 Å². The van der Waals surface area contributed by atoms with Crippen LogP contribution in [0.4, 0.5) is 5.69 Å². The Labute approximate surface area is 211 Å². The van der Waals surface area contributed by atoms with Crippen molar-refractivity contribution >= 4 is 43.2 Å². The first-order valence-corrected chi connectivity index (χ1v) is 12.8. The van der Waals surface area contributed by atoms with E-state index in [1.807, 2.05) is 36.4 Å². The number of para-hydroxylation sites is 2. The van der Waals surface area contributed by atoms with Crippen LogP contribution in [-0.2, 0) is 16.4 Å². The Morgan fingerprint density at radius 1 is 1.03 bits per heavy atom. The number of hydrogen-bond donors (Lipinski definition) is 2. The number of aromatic amines is 1. The third-order valence-corrected chi connectivity index (χ3v) is 7.58. The third kappa shape index (κ3) is 4.67. The first kappa shape index (κ1) is 24.2. The molecule has 0 atom stereocenters. The van der Waals surface area contributed by atoms with Crippen LogP contribution < -0.4 is 10.3 Å². The van der Waals surface area contributed by atoms with E-state index in [4.69, 9.17) is 4.42 Å². The van der Waals surface area contributed by atoms with Crippen molar-refractivity contribution in [3.05, 3.63) is 123 Å². The molecule has 2 N–H and O–H groups in total. The predicted molar refractivity (Wildman–Crippen MR) is 141 cm³/mol. The number of nitrogens with one attached hydrogen (secondary N) is 2. The van der Waals surface area contributed by atoms with Gasteiger partial charge < -0.3 is 9.40 Å². The Morgan fingerprint density at radius 3 is 2.49 bits per heavy atom. The average molecular weight is 516 g/mol. The number of nitro groups is 1. The van der Waals surface area contributed by atoms with Gasteiger partial charge in [-0.3, -0.25) is 10.1 Å². The molecule has 5 aromatic rings. The van der Waals surface area contributed by atoms with Gasteiger partial charge in [-0.2, -0.15) is 0 Å². The molecular weight excluding hydrogens is 494 g/mol. The van der Waals surface area contributed by atoms with Crippen molar-refractivity contribution < 1.29 is 17.8 Å². The van der Waals surface area contributed by atoms with Gasteiger partial charge >= 0.3 is 5.63 Å². The van der Waals surface area contributed by atoms with Gasteiger partial charge in [0.1, 0.15) is 5.58 Å². The first-order chi connectivity index (χ1) is 17.7. The lowest BCUT2D eigenvalue weighted by molar-refractivity contribution is -0.384. The molecule has 0 aliphatic heterocycles. The maximum atomic E-state index is 12.8. The number of benzene rings is 3. The van der Waals surface area contributed by atoms with E-state index in [1.54, 1.807) is 18.2 Å². The second-order valence-corrected chi connectivity index (χ2v) is 10.2. The van der Waals surface area contributed by atoms with E-state index in [-0.39, 0.29) is 17.1 Å². The van der Waals surface area contributed by atoms with Gasteiger partial charge in [-0.1, -0.05) is 43.0 Å². The van der Waals surface area contributed by atoms with Gasteiger partial charge in [0.05, 0.1) is 21.1 Å². The zero-order valence-electron chi connectivity index (χ0n) is 19.4. The highest BCUT2D eigenvalue weighted by atomic mass is 32.2. The fraction of sp³-hybridized carbons (Fsp3) is 0.0741. The van der Waals surface area contributed by atoms with Gasteiger partial charge in [-0.25, -0.2) is 17.9 Å². The molecule has 0 saturated carbocycles. The van der Waals surface area contributed by atoms with E-state index < -0.39 is 20.6 Å². The number of rotatable bonds is 8. The number of nitro benzene ring substituents is 1. The van der Waals surface area contributed by atoms with Crippen LogP contribution in [0.1, 0.15) is 16.8 Å². The molecule has 0 unspecified atom stereocenters. The normalized spacial score (nSPS) is 11.7. The van der Waals surface area contributed by atoms with Crippen LogP contribution in [0.15, 0.2) is 99.5 Å². The minimum absolute atomic E-state index is 0.0494. The highest BCUT2D eigenvalue weighted by Crippen LogP contribution is 2.30. The molecule has 0 fully saturated rings. The van der Waals surface area contributed by atoms with Gasteiger partial charge in [-0.05, 0) is 42.3 Å². The summed E-state index contributed by atoms with van der Waals surface area (Å²) in [6.45, 7) is 4.21. The van der Waals surface area contributed by atoms with Gasteiger partial charge in [-0.15, -0.1) is 0 Å². The van der Waals surface area contributed by atoms with E-state index >= 15 is 0 Å². The molecular formula is C27H21N3O6S. The van der Waals surface area contributed by atoms with Crippen LogP contribution in [0, 0.1) is 10.1 Å². The second kappa shape index (κ2) is 9.49. The Hall–Kier alpha value is -4.54. The zero-order valence-corrected chi connectivity index (χ0v) is 20.2. The lowest BCUT2D eigenvalue weighted by Gasteiger charge is -2.10. The van der Waals surface area contributed by atoms with E-state index in [9.17, 15) is 23.3 Å². The molecule has 5 rings (SSSR count). The SMILES string of the molecule is C=C(c1[nH]c2ccccc2c1CCNS(=O)(=O)c1ccc([N+](=O)[O-])cc1)c1cc2ccccc2oc1=O. The van der Waals surface area contributed by atoms with Crippen LogP contribution in [0.2, 0.25) is 0 Å². The molecule has 37 heavy (non-hydrogen) atoms. The van der Waals surface area contributed by atoms with E-state index in [0.29, 0.717) is 28.8 Å². The summed E-state index contributed by atoms with van der Waals surface area (Å²) in [5, 5.41) is 12.5. The molecule has 0 aliphatic rings. The summed E-state index contributed by atoms with van der Waals surface area (Å²) in [7, 11) is -3.90. The van der Waals surface area contributed by atoms with E-state index in [0.717, 1.165) is 34.0 Å². The predicted octanol–water partition coefficient (Wildman–Crippen LogP) is 4.77. The lowest BCUT2D eigenvalue weighted by atomic mass is 9.99. The van der Waals surface area contributed by atoms with Gasteiger partial charge in [0.15, 0.2) is 0 Å². The Bertz CT molecular complexity index is 1840. The number of fused-ring (bicyclic) bond motifs is 2. The smallest absolute Gasteiger partial charge is 0.344 e. The molecule has 0 amide bonds. The lowest BCUT2D eigenvalue weighted by Crippen LogP contribution is -2.26. The van der Waals surface area contributed by atoms with Crippen molar-refractivity contribution in [1.29, 1.82) is 0 Å². The van der Waals surface area contributed by atoms with Crippen molar-refractivity contribution in [1.82, 2.24) is 9.71 Å². The standard InChI is InChI=1S/C27H21N3O6S/c1-17(23-16-18-6-2-5-9-25(18)36-27(23)31)26-22(21-7-3-4-8-24(21)29-26)14-15-28-37(34,35)20-12-10-19(11-13-20)30(32)33/h2-13,16,28-29H,1,14-15H2. The van der Waals surface area contributed by atoms with Gasteiger partial charge in [0.25, 0.3) is 5.69 Å². The minimum atomic E-state index is -3.90. The molecule has 0 spiro atoms. The molecule has 2 aromatic heterocycles. The van der Waals surface area contributed by atoms with E-state index in [2.05, 4.69) is 16.3 Å². The first-order valence-electron chi connectivity index (χ1n) is 11.3. The molecule has 2 heterocycles. The summed E-state index contributed by atoms with van der Waals surface area (Å²) in [6, 6.07) is 21.1. The molecule has 3 aromatic carbocycles. The van der Waals surface area contributed by atoms with Crippen molar-refractivity contribution in [2.45, 2.75) is 11.3 Å². The third-order valence-electron chi connectivity index (χ3n) is 6.11. The fourth-order valence-electron chi connectivity index (χ4n) is 4.27. The Morgan fingerprint density at radius 2 is 1.73 bits per heavy atom. The van der Waals surface area contributed by atoms with Crippen LogP contribution in [0.5, 0.6) is 0 Å². The summed E-state index contributed by atoms with van der Waals surface area (Å²) < 4.78 is 33.5. The van der Waals surface area contributed by atoms with Gasteiger partial charge in [0.2, 0.25) is 10.0 Å². The highest BCUT2D eigenvalue weighted by Gasteiger charge is 2.20. The number of sulfonamides is 1. The maximum Gasteiger partial charge on any atom is 0.344 e. The van der Waals surface area contributed by atoms with Crippen molar-refractivity contribution in [3.63, 3.8) is 0 Å². The molecule has 0 bridgehead atoms. The number of hydrogen-bond acceptors (Lipinski definition) is 6. The second-order valence-electron chi connectivity index (χ2n) is 8.39. The maximum absolute atomic E-state index is 12.8. The molecule has 186 valence electrons. The number of nitrogens with zero attached hydrogens (tertiary/aromatic N) is 1. The summed E-state index contributed by atoms with van der Waals surface area (Å²) in [6.07, 6.45) is 0.295. The largest absolute Gasteiger partial charge is 0.422 e. The molecule has 0 aliphatic carbocycles. The Balaban J connectivity index is 1.45. The fourth-order valence-corrected chi connectivity index (χ4v) is 5.30. The summed E-state index contributed by atoms with van der Waals surface area (Å²) in [4.78, 5) is 26.3. The number of H-pyrrole nitrogens is 1. The molecule has 0 saturated heterocycles. The van der Waals surface area contributed by atoms with Crippen LogP contribution in [0.25, 0.3) is 27.4 Å². The number of non-ortho nitro benzene ring substituents is 1. The average Bonchev–Trinajstić information content (AvgIpc) is 3.26. The molecule has 0 radical (unpaired) electrons. The summed E-state index contributed by atoms with van der Waals surface area (Å²) in [5.74, 6) is 0. The monoisotopic (exact) mass is 515 g/mol. The highest BCUT2D eigenvalue weighted by molar-refractivity contribution is 7.89. The van der Waals surface area contributed by atoms with Crippen molar-refractivity contribution in [2.75, 3.05) is 6.54 Å². The van der Waals surface area contributed by atoms with Crippen molar-refractivity contribution in [3.8, 4) is 0 Å². The van der Waals surface area contributed by atoms with Crippen LogP contribution in [-0.4, -0.2) is 24.9 Å². The molecule has 10 heteroatoms. The van der Waals surface area contributed by atoms with E-state index in [1.165, 1.54) is 12.1 Å². The number of aromatic nitrogens is 1. The summed E-state index contributed by atoms with van der Waals surface area (Å²) in [5.41, 5.74) is 2.71.